The van der Waals surface area contributed by atoms with Gasteiger partial charge in [-0.15, -0.1) is 0 Å². The maximum absolute atomic E-state index is 6.40. The smallest absolute Gasteiger partial charge is 0.135 e. The summed E-state index contributed by atoms with van der Waals surface area (Å²) in [7, 11) is 0. The van der Waals surface area contributed by atoms with Crippen molar-refractivity contribution in [3.8, 4) is 27.9 Å². The van der Waals surface area contributed by atoms with Gasteiger partial charge in [-0.2, -0.15) is 0 Å². The maximum Gasteiger partial charge on any atom is 0.135 e. The molecular weight excluding hydrogens is 753 g/mol. The number of hydrogen-bond donors (Lipinski definition) is 0. The van der Waals surface area contributed by atoms with Gasteiger partial charge in [0.05, 0.1) is 16.4 Å². The van der Waals surface area contributed by atoms with Crippen molar-refractivity contribution < 1.29 is 4.42 Å². The zero-order chi connectivity index (χ0) is 40.5. The van der Waals surface area contributed by atoms with Gasteiger partial charge >= 0.3 is 0 Å². The first-order chi connectivity index (χ1) is 30.8. The SMILES string of the molecule is c1ccc(-n2c3ccccc3c3ccc(N(c4ccc5c(c4)C4(c6ccccc6-c6ccccc64)c4cccc6cccc-5c46)c4ccc5oc6ccccc6c5c4)cc32)cc1. The largest absolute Gasteiger partial charge is 0.456 e. The van der Waals surface area contributed by atoms with Gasteiger partial charge < -0.3 is 13.9 Å². The summed E-state index contributed by atoms with van der Waals surface area (Å²) >= 11 is 0. The van der Waals surface area contributed by atoms with Crippen LogP contribution in [0.1, 0.15) is 22.3 Å². The Labute approximate surface area is 358 Å². The predicted octanol–water partition coefficient (Wildman–Crippen LogP) is 15.6. The fraction of sp³-hybridized carbons (Fsp3) is 0.0169. The van der Waals surface area contributed by atoms with Gasteiger partial charge in [0.25, 0.3) is 0 Å². The molecule has 2 aliphatic carbocycles. The minimum absolute atomic E-state index is 0.535. The highest BCUT2D eigenvalue weighted by atomic mass is 16.3. The number of hydrogen-bond acceptors (Lipinski definition) is 2. The van der Waals surface area contributed by atoms with E-state index in [-0.39, 0.29) is 0 Å². The molecule has 0 atom stereocenters. The van der Waals surface area contributed by atoms with E-state index in [0.717, 1.165) is 50.2 Å². The predicted molar refractivity (Wildman–Crippen MR) is 257 cm³/mol. The summed E-state index contributed by atoms with van der Waals surface area (Å²) in [6.45, 7) is 0. The molecule has 0 unspecified atom stereocenters. The van der Waals surface area contributed by atoms with Crippen LogP contribution in [0.15, 0.2) is 223 Å². The van der Waals surface area contributed by atoms with Crippen LogP contribution in [0.5, 0.6) is 0 Å². The molecule has 0 saturated heterocycles. The highest BCUT2D eigenvalue weighted by Gasteiger charge is 2.50. The standard InChI is InChI=1S/C59H36N2O/c1-2-16-38(17-3-1)61-54-26-10-6-20-45(54)46-32-29-41(36-55(46)61)60(39-30-33-57-49(34-39)47-21-7-11-27-56(47)62-57)40-28-31-44-48-22-12-14-37-15-13-25-52(58(37)48)59(53(44)35-40)50-23-8-4-18-42(50)43-19-5-9-24-51(43)59/h1-36H. The van der Waals surface area contributed by atoms with Gasteiger partial charge in [-0.1, -0.05) is 152 Å². The molecule has 0 radical (unpaired) electrons. The van der Waals surface area contributed by atoms with E-state index in [2.05, 4.69) is 222 Å². The maximum atomic E-state index is 6.40. The summed E-state index contributed by atoms with van der Waals surface area (Å²) in [4.78, 5) is 2.45. The molecule has 10 aromatic carbocycles. The quantitative estimate of drug-likeness (QED) is 0.177. The fourth-order valence-corrected chi connectivity index (χ4v) is 11.3. The Balaban J connectivity index is 1.09. The van der Waals surface area contributed by atoms with Crippen LogP contribution in [0.25, 0.3) is 82.5 Å². The summed E-state index contributed by atoms with van der Waals surface area (Å²) in [5.41, 5.74) is 18.3. The topological polar surface area (TPSA) is 21.3 Å². The first kappa shape index (κ1) is 33.7. The molecule has 3 heteroatoms. The normalized spacial score (nSPS) is 13.3. The lowest BCUT2D eigenvalue weighted by Crippen LogP contribution is -2.32. The molecule has 12 aromatic rings. The molecule has 2 aromatic heterocycles. The van der Waals surface area contributed by atoms with Crippen LogP contribution < -0.4 is 4.90 Å². The van der Waals surface area contributed by atoms with Crippen molar-refractivity contribution >= 4 is 71.6 Å². The van der Waals surface area contributed by atoms with Crippen molar-refractivity contribution in [2.24, 2.45) is 0 Å². The highest BCUT2D eigenvalue weighted by Crippen LogP contribution is 2.62. The van der Waals surface area contributed by atoms with E-state index < -0.39 is 5.41 Å². The summed E-state index contributed by atoms with van der Waals surface area (Å²) in [5.74, 6) is 0. The third kappa shape index (κ3) is 4.39. The lowest BCUT2D eigenvalue weighted by molar-refractivity contribution is 0.669. The molecule has 2 heterocycles. The van der Waals surface area contributed by atoms with Crippen LogP contribution in [0.4, 0.5) is 17.1 Å². The number of benzene rings is 10. The summed E-state index contributed by atoms with van der Waals surface area (Å²) in [6.07, 6.45) is 0. The lowest BCUT2D eigenvalue weighted by atomic mass is 9.61. The average molecular weight is 789 g/mol. The zero-order valence-corrected chi connectivity index (χ0v) is 33.6. The van der Waals surface area contributed by atoms with Gasteiger partial charge in [0.2, 0.25) is 0 Å². The average Bonchev–Trinajstić information content (AvgIpc) is 3.97. The number of fused-ring (bicyclic) bond motifs is 15. The number of para-hydroxylation sites is 3. The van der Waals surface area contributed by atoms with Crippen molar-refractivity contribution in [3.63, 3.8) is 0 Å². The van der Waals surface area contributed by atoms with Gasteiger partial charge in [-0.05, 0) is 122 Å². The molecule has 288 valence electrons. The Morgan fingerprint density at radius 1 is 0.355 bits per heavy atom. The van der Waals surface area contributed by atoms with Crippen LogP contribution in [0.2, 0.25) is 0 Å². The molecule has 0 saturated carbocycles. The van der Waals surface area contributed by atoms with Crippen molar-refractivity contribution in [2.75, 3.05) is 4.90 Å². The molecular formula is C59H36N2O. The molecule has 3 nitrogen and oxygen atoms in total. The third-order valence-electron chi connectivity index (χ3n) is 13.8. The minimum atomic E-state index is -0.535. The summed E-state index contributed by atoms with van der Waals surface area (Å²) in [5, 5.41) is 7.25. The first-order valence-electron chi connectivity index (χ1n) is 21.4. The summed E-state index contributed by atoms with van der Waals surface area (Å²) in [6, 6.07) is 80.6. The molecule has 2 aliphatic rings. The summed E-state index contributed by atoms with van der Waals surface area (Å²) < 4.78 is 8.81. The second-order valence-corrected chi connectivity index (χ2v) is 16.8. The first-order valence-corrected chi connectivity index (χ1v) is 21.4. The molecule has 1 spiro atoms. The van der Waals surface area contributed by atoms with E-state index in [0.29, 0.717) is 0 Å². The van der Waals surface area contributed by atoms with Crippen LogP contribution in [-0.4, -0.2) is 4.57 Å². The van der Waals surface area contributed by atoms with Crippen molar-refractivity contribution in [3.05, 3.63) is 241 Å². The Hall–Kier alpha value is -8.14. The number of anilines is 3. The van der Waals surface area contributed by atoms with Gasteiger partial charge in [-0.3, -0.25) is 0 Å². The second kappa shape index (κ2) is 12.4. The van der Waals surface area contributed by atoms with Gasteiger partial charge in [0, 0.05) is 44.3 Å². The van der Waals surface area contributed by atoms with E-state index >= 15 is 0 Å². The molecule has 0 bridgehead atoms. The molecule has 0 fully saturated rings. The monoisotopic (exact) mass is 788 g/mol. The van der Waals surface area contributed by atoms with Gasteiger partial charge in [0.15, 0.2) is 0 Å². The van der Waals surface area contributed by atoms with Crippen molar-refractivity contribution in [1.29, 1.82) is 0 Å². The van der Waals surface area contributed by atoms with Crippen LogP contribution in [0.3, 0.4) is 0 Å². The number of nitrogens with zero attached hydrogens (tertiary/aromatic N) is 2. The van der Waals surface area contributed by atoms with Crippen molar-refractivity contribution in [1.82, 2.24) is 4.57 Å². The Morgan fingerprint density at radius 3 is 1.77 bits per heavy atom. The minimum Gasteiger partial charge on any atom is -0.456 e. The molecule has 14 rings (SSSR count). The molecule has 0 aliphatic heterocycles. The molecule has 62 heavy (non-hydrogen) atoms. The van der Waals surface area contributed by atoms with Crippen LogP contribution in [0, 0.1) is 0 Å². The Morgan fingerprint density at radius 2 is 0.935 bits per heavy atom. The van der Waals surface area contributed by atoms with E-state index in [1.165, 1.54) is 71.6 Å². The zero-order valence-electron chi connectivity index (χ0n) is 33.6. The number of furan rings is 1. The van der Waals surface area contributed by atoms with E-state index in [4.69, 9.17) is 4.42 Å². The molecule has 0 N–H and O–H groups in total. The van der Waals surface area contributed by atoms with Gasteiger partial charge in [0.1, 0.15) is 11.2 Å². The fourth-order valence-electron chi connectivity index (χ4n) is 11.3. The van der Waals surface area contributed by atoms with Crippen LogP contribution in [-0.2, 0) is 5.41 Å². The number of rotatable bonds is 4. The Bertz CT molecular complexity index is 3780. The van der Waals surface area contributed by atoms with E-state index in [1.807, 2.05) is 6.07 Å². The molecule has 0 amide bonds. The van der Waals surface area contributed by atoms with Crippen LogP contribution >= 0.6 is 0 Å². The van der Waals surface area contributed by atoms with E-state index in [9.17, 15) is 0 Å². The van der Waals surface area contributed by atoms with E-state index in [1.54, 1.807) is 0 Å². The van der Waals surface area contributed by atoms with Crippen molar-refractivity contribution in [2.45, 2.75) is 5.41 Å². The number of aromatic nitrogens is 1. The third-order valence-corrected chi connectivity index (χ3v) is 13.8. The second-order valence-electron chi connectivity index (χ2n) is 16.8. The van der Waals surface area contributed by atoms with Gasteiger partial charge in [-0.25, -0.2) is 0 Å². The Kier molecular flexibility index (Phi) is 6.76. The highest BCUT2D eigenvalue weighted by molar-refractivity contribution is 6.12. The lowest BCUT2D eigenvalue weighted by Gasteiger charge is -2.40.